The molecule has 0 unspecified atom stereocenters. The van der Waals surface area contributed by atoms with Crippen molar-refractivity contribution in [2.24, 2.45) is 0 Å². The van der Waals surface area contributed by atoms with Crippen molar-refractivity contribution in [3.63, 3.8) is 0 Å². The maximum absolute atomic E-state index is 14.6. The molecule has 0 aromatic heterocycles. The Balaban J connectivity index is 2.23. The molecule has 0 saturated carbocycles. The lowest BCUT2D eigenvalue weighted by Gasteiger charge is -2.14. The van der Waals surface area contributed by atoms with Crippen molar-refractivity contribution in [1.82, 2.24) is 0 Å². The number of halogens is 3. The fraction of sp³-hybridized carbons (Fsp3) is 0. The van der Waals surface area contributed by atoms with Crippen LogP contribution in [0.2, 0.25) is 0 Å². The molecule has 0 amide bonds. The molecule has 0 aliphatic carbocycles. The molecule has 4 aromatic rings. The van der Waals surface area contributed by atoms with E-state index in [1.807, 2.05) is 30.3 Å². The van der Waals surface area contributed by atoms with E-state index >= 15 is 0 Å². The summed E-state index contributed by atoms with van der Waals surface area (Å²) in [7, 11) is 0. The summed E-state index contributed by atoms with van der Waals surface area (Å²) in [5.74, 6) is -4.09. The Kier molecular flexibility index (Phi) is 3.53. The minimum absolute atomic E-state index is 0.0974. The number of hydrogen-bond acceptors (Lipinski definition) is 1. The van der Waals surface area contributed by atoms with Crippen LogP contribution in [-0.2, 0) is 0 Å². The SMILES string of the molecule is O=Cc1ccc2cc(F)c(F)c(F)c2c1-c1cccc2ccccc12. The second kappa shape index (κ2) is 5.74. The first-order valence-corrected chi connectivity index (χ1v) is 7.65. The average Bonchev–Trinajstić information content (AvgIpc) is 2.65. The molecule has 4 aromatic carbocycles. The molecule has 0 atom stereocenters. The number of carbonyl (C=O) groups excluding carboxylic acids is 1. The zero-order valence-corrected chi connectivity index (χ0v) is 12.9. The van der Waals surface area contributed by atoms with Crippen molar-refractivity contribution < 1.29 is 18.0 Å². The van der Waals surface area contributed by atoms with Crippen LogP contribution in [0.5, 0.6) is 0 Å². The quantitative estimate of drug-likeness (QED) is 0.329. The molecule has 0 aliphatic heterocycles. The molecule has 1 nitrogen and oxygen atoms in total. The number of benzene rings is 4. The van der Waals surface area contributed by atoms with Crippen LogP contribution in [0.3, 0.4) is 0 Å². The van der Waals surface area contributed by atoms with Crippen LogP contribution in [0.15, 0.2) is 60.7 Å². The molecule has 0 radical (unpaired) electrons. The first-order chi connectivity index (χ1) is 12.1. The highest BCUT2D eigenvalue weighted by molar-refractivity contribution is 6.10. The second-order valence-electron chi connectivity index (χ2n) is 5.76. The summed E-state index contributed by atoms with van der Waals surface area (Å²) in [6, 6.07) is 16.7. The Labute approximate surface area is 141 Å². The van der Waals surface area contributed by atoms with Gasteiger partial charge in [0, 0.05) is 16.5 Å². The number of aldehydes is 1. The number of rotatable bonds is 2. The minimum Gasteiger partial charge on any atom is -0.298 e. The largest absolute Gasteiger partial charge is 0.298 e. The first-order valence-electron chi connectivity index (χ1n) is 7.65. The smallest absolute Gasteiger partial charge is 0.195 e. The van der Waals surface area contributed by atoms with Crippen molar-refractivity contribution in [2.45, 2.75) is 0 Å². The van der Waals surface area contributed by atoms with E-state index in [4.69, 9.17) is 0 Å². The summed E-state index contributed by atoms with van der Waals surface area (Å²) in [6.45, 7) is 0. The number of carbonyl (C=O) groups is 1. The Hall–Kier alpha value is -3.14. The normalized spacial score (nSPS) is 11.2. The van der Waals surface area contributed by atoms with Gasteiger partial charge in [-0.05, 0) is 27.8 Å². The summed E-state index contributed by atoms with van der Waals surface area (Å²) in [5, 5.41) is 1.80. The van der Waals surface area contributed by atoms with Gasteiger partial charge in [-0.15, -0.1) is 0 Å². The van der Waals surface area contributed by atoms with Crippen LogP contribution in [-0.4, -0.2) is 6.29 Å². The van der Waals surface area contributed by atoms with Crippen molar-refractivity contribution in [3.8, 4) is 11.1 Å². The predicted octanol–water partition coefficient (Wildman–Crippen LogP) is 5.89. The monoisotopic (exact) mass is 336 g/mol. The summed E-state index contributed by atoms with van der Waals surface area (Å²) in [5.41, 5.74) is 1.07. The van der Waals surface area contributed by atoms with Crippen molar-refractivity contribution in [2.75, 3.05) is 0 Å². The van der Waals surface area contributed by atoms with E-state index in [1.54, 1.807) is 12.1 Å². The fourth-order valence-electron chi connectivity index (χ4n) is 3.24. The lowest BCUT2D eigenvalue weighted by Crippen LogP contribution is -1.98. The lowest BCUT2D eigenvalue weighted by molar-refractivity contribution is 0.112. The molecule has 0 heterocycles. The number of fused-ring (bicyclic) bond motifs is 2. The van der Waals surface area contributed by atoms with Gasteiger partial charge in [0.2, 0.25) is 0 Å². The third kappa shape index (κ3) is 2.30. The van der Waals surface area contributed by atoms with Gasteiger partial charge in [0.15, 0.2) is 23.7 Å². The summed E-state index contributed by atoms with van der Waals surface area (Å²) >= 11 is 0. The third-order valence-electron chi connectivity index (χ3n) is 4.36. The van der Waals surface area contributed by atoms with Crippen LogP contribution >= 0.6 is 0 Å². The van der Waals surface area contributed by atoms with E-state index in [1.165, 1.54) is 12.1 Å². The van der Waals surface area contributed by atoms with Crippen molar-refractivity contribution >= 4 is 27.8 Å². The Bertz CT molecular complexity index is 1140. The molecule has 4 heteroatoms. The molecule has 0 spiro atoms. The van der Waals surface area contributed by atoms with E-state index in [9.17, 15) is 18.0 Å². The van der Waals surface area contributed by atoms with Crippen LogP contribution in [0.25, 0.3) is 32.7 Å². The standard InChI is InChI=1S/C21H11F3O/c22-17-10-13-8-9-14(11-25)18(19(13)21(24)20(17)23)16-7-3-5-12-4-1-2-6-15(12)16/h1-11H. The van der Waals surface area contributed by atoms with Gasteiger partial charge in [-0.1, -0.05) is 54.6 Å². The lowest BCUT2D eigenvalue weighted by atomic mass is 9.90. The van der Waals surface area contributed by atoms with E-state index in [-0.39, 0.29) is 21.9 Å². The van der Waals surface area contributed by atoms with E-state index < -0.39 is 17.5 Å². The van der Waals surface area contributed by atoms with Crippen molar-refractivity contribution in [1.29, 1.82) is 0 Å². The Morgan fingerprint density at radius 3 is 2.32 bits per heavy atom. The maximum Gasteiger partial charge on any atom is 0.195 e. The van der Waals surface area contributed by atoms with Crippen LogP contribution in [0, 0.1) is 17.5 Å². The Morgan fingerprint density at radius 1 is 0.760 bits per heavy atom. The van der Waals surface area contributed by atoms with Crippen molar-refractivity contribution in [3.05, 3.63) is 83.7 Å². The topological polar surface area (TPSA) is 17.1 Å². The minimum atomic E-state index is -1.54. The molecule has 0 fully saturated rings. The van der Waals surface area contributed by atoms with Crippen LogP contribution < -0.4 is 0 Å². The van der Waals surface area contributed by atoms with Crippen LogP contribution in [0.4, 0.5) is 13.2 Å². The highest BCUT2D eigenvalue weighted by Gasteiger charge is 2.20. The molecule has 0 saturated heterocycles. The van der Waals surface area contributed by atoms with E-state index in [0.717, 1.165) is 16.8 Å². The average molecular weight is 336 g/mol. The molecular formula is C21H11F3O. The highest BCUT2D eigenvalue weighted by Crippen LogP contribution is 2.38. The Morgan fingerprint density at radius 2 is 1.52 bits per heavy atom. The van der Waals surface area contributed by atoms with Crippen LogP contribution in [0.1, 0.15) is 10.4 Å². The van der Waals surface area contributed by atoms with Gasteiger partial charge in [-0.2, -0.15) is 0 Å². The fourth-order valence-corrected chi connectivity index (χ4v) is 3.24. The molecule has 0 N–H and O–H groups in total. The molecule has 0 aliphatic rings. The molecule has 122 valence electrons. The predicted molar refractivity (Wildman–Crippen MR) is 92.2 cm³/mol. The van der Waals surface area contributed by atoms with E-state index in [0.29, 0.717) is 11.8 Å². The van der Waals surface area contributed by atoms with E-state index in [2.05, 4.69) is 0 Å². The highest BCUT2D eigenvalue weighted by atomic mass is 19.2. The summed E-state index contributed by atoms with van der Waals surface area (Å²) < 4.78 is 42.1. The zero-order chi connectivity index (χ0) is 17.6. The zero-order valence-electron chi connectivity index (χ0n) is 12.9. The molecule has 25 heavy (non-hydrogen) atoms. The summed E-state index contributed by atoms with van der Waals surface area (Å²) in [6.07, 6.45) is 0.594. The molecule has 0 bridgehead atoms. The molecule has 4 rings (SSSR count). The van der Waals surface area contributed by atoms with Gasteiger partial charge < -0.3 is 0 Å². The van der Waals surface area contributed by atoms with Gasteiger partial charge in [0.05, 0.1) is 0 Å². The van der Waals surface area contributed by atoms with Gasteiger partial charge >= 0.3 is 0 Å². The van der Waals surface area contributed by atoms with Gasteiger partial charge in [-0.3, -0.25) is 4.79 Å². The maximum atomic E-state index is 14.6. The molecular weight excluding hydrogens is 325 g/mol. The third-order valence-corrected chi connectivity index (χ3v) is 4.36. The van der Waals surface area contributed by atoms with Gasteiger partial charge in [0.25, 0.3) is 0 Å². The first kappa shape index (κ1) is 15.4. The second-order valence-corrected chi connectivity index (χ2v) is 5.76. The summed E-state index contributed by atoms with van der Waals surface area (Å²) in [4.78, 5) is 11.6. The number of hydrogen-bond donors (Lipinski definition) is 0. The van der Waals surface area contributed by atoms with Gasteiger partial charge in [-0.25, -0.2) is 13.2 Å². The van der Waals surface area contributed by atoms with Gasteiger partial charge in [0.1, 0.15) is 0 Å².